The number of hydrogen-bond acceptors (Lipinski definition) is 4. The van der Waals surface area contributed by atoms with Gasteiger partial charge in [0.05, 0.1) is 17.4 Å². The summed E-state index contributed by atoms with van der Waals surface area (Å²) < 4.78 is 2.53. The van der Waals surface area contributed by atoms with E-state index >= 15 is 0 Å². The number of hydrogen-bond donors (Lipinski definition) is 1. The lowest BCUT2D eigenvalue weighted by atomic mass is 10.3. The smallest absolute Gasteiger partial charge is 0.270 e. The molecule has 0 saturated carbocycles. The maximum absolute atomic E-state index is 11.7. The van der Waals surface area contributed by atoms with Crippen molar-refractivity contribution in [2.45, 2.75) is 0 Å². The topological polar surface area (TPSA) is 63.0 Å². The summed E-state index contributed by atoms with van der Waals surface area (Å²) in [5.74, 6) is 0. The van der Waals surface area contributed by atoms with Crippen molar-refractivity contribution in [3.8, 4) is 0 Å². The molecule has 4 rings (SSSR count). The van der Waals surface area contributed by atoms with E-state index in [0.717, 1.165) is 16.0 Å². The van der Waals surface area contributed by atoms with Crippen LogP contribution in [0.5, 0.6) is 0 Å². The maximum atomic E-state index is 11.7. The first-order valence-corrected chi connectivity index (χ1v) is 5.89. The summed E-state index contributed by atoms with van der Waals surface area (Å²) in [4.78, 5) is 23.7. The summed E-state index contributed by atoms with van der Waals surface area (Å²) >= 11 is 1.36. The van der Waals surface area contributed by atoms with Gasteiger partial charge in [0.1, 0.15) is 4.70 Å². The number of benzene rings is 1. The molecule has 3 heterocycles. The molecule has 0 spiro atoms. The summed E-state index contributed by atoms with van der Waals surface area (Å²) in [7, 11) is 0. The first kappa shape index (κ1) is 8.89. The third-order valence-corrected chi connectivity index (χ3v) is 3.76. The molecule has 17 heavy (non-hydrogen) atoms. The summed E-state index contributed by atoms with van der Waals surface area (Å²) in [6.07, 6.45) is 1.42. The second-order valence-electron chi connectivity index (χ2n) is 3.70. The van der Waals surface area contributed by atoms with Crippen molar-refractivity contribution < 1.29 is 0 Å². The molecular weight excluding hydrogens is 236 g/mol. The lowest BCUT2D eigenvalue weighted by Gasteiger charge is -1.91. The number of aromatic nitrogens is 4. The minimum absolute atomic E-state index is 0.116. The van der Waals surface area contributed by atoms with Gasteiger partial charge in [-0.1, -0.05) is 23.5 Å². The van der Waals surface area contributed by atoms with E-state index in [1.807, 2.05) is 28.7 Å². The second kappa shape index (κ2) is 2.92. The first-order chi connectivity index (χ1) is 8.34. The number of fused-ring (bicyclic) bond motifs is 5. The number of rotatable bonds is 0. The van der Waals surface area contributed by atoms with Crippen LogP contribution in [0.2, 0.25) is 0 Å². The van der Waals surface area contributed by atoms with Crippen LogP contribution in [0.4, 0.5) is 0 Å². The van der Waals surface area contributed by atoms with Gasteiger partial charge in [-0.15, -0.1) is 0 Å². The van der Waals surface area contributed by atoms with Gasteiger partial charge in [-0.05, 0) is 12.1 Å². The van der Waals surface area contributed by atoms with Gasteiger partial charge in [-0.25, -0.2) is 9.97 Å². The molecule has 1 aromatic carbocycles. The van der Waals surface area contributed by atoms with E-state index in [-0.39, 0.29) is 5.56 Å². The third-order valence-electron chi connectivity index (χ3n) is 2.73. The molecule has 0 unspecified atom stereocenters. The molecule has 0 aliphatic rings. The number of thiazole rings is 1. The monoisotopic (exact) mass is 242 g/mol. The molecule has 0 bridgehead atoms. The minimum Gasteiger partial charge on any atom is -0.312 e. The summed E-state index contributed by atoms with van der Waals surface area (Å²) in [6.45, 7) is 0. The van der Waals surface area contributed by atoms with E-state index in [1.54, 1.807) is 0 Å². The Labute approximate surface area is 98.4 Å². The Hall–Kier alpha value is -2.21. The van der Waals surface area contributed by atoms with Gasteiger partial charge in [0.15, 0.2) is 10.6 Å². The molecule has 0 saturated heterocycles. The van der Waals surface area contributed by atoms with Crippen molar-refractivity contribution in [2.75, 3.05) is 0 Å². The number of nitrogens with one attached hydrogen (secondary N) is 1. The third kappa shape index (κ3) is 1.05. The van der Waals surface area contributed by atoms with Crippen LogP contribution in [0.3, 0.4) is 0 Å². The Morgan fingerprint density at radius 1 is 1.29 bits per heavy atom. The molecule has 0 aliphatic carbocycles. The average molecular weight is 242 g/mol. The van der Waals surface area contributed by atoms with Gasteiger partial charge in [0.25, 0.3) is 5.56 Å². The van der Waals surface area contributed by atoms with Crippen LogP contribution in [0.15, 0.2) is 35.4 Å². The average Bonchev–Trinajstić information content (AvgIpc) is 2.85. The molecule has 0 fully saturated rings. The van der Waals surface area contributed by atoms with E-state index < -0.39 is 0 Å². The van der Waals surface area contributed by atoms with Crippen molar-refractivity contribution in [1.82, 2.24) is 19.4 Å². The van der Waals surface area contributed by atoms with Crippen molar-refractivity contribution >= 4 is 37.7 Å². The molecule has 1 N–H and O–H groups in total. The van der Waals surface area contributed by atoms with Crippen LogP contribution >= 0.6 is 11.3 Å². The SMILES string of the molecule is O=c1[nH]cnc2c1sc1nc3ccccc3n12. The van der Waals surface area contributed by atoms with E-state index in [2.05, 4.69) is 15.0 Å². The molecule has 5 nitrogen and oxygen atoms in total. The molecule has 0 aliphatic heterocycles. The molecule has 6 heteroatoms. The van der Waals surface area contributed by atoms with E-state index in [4.69, 9.17) is 0 Å². The largest absolute Gasteiger partial charge is 0.312 e. The molecule has 3 aromatic heterocycles. The Morgan fingerprint density at radius 3 is 3.12 bits per heavy atom. The van der Waals surface area contributed by atoms with Crippen LogP contribution in [-0.2, 0) is 0 Å². The highest BCUT2D eigenvalue weighted by atomic mass is 32.1. The number of H-pyrrole nitrogens is 1. The molecule has 0 atom stereocenters. The quantitative estimate of drug-likeness (QED) is 0.511. The highest BCUT2D eigenvalue weighted by Crippen LogP contribution is 2.26. The first-order valence-electron chi connectivity index (χ1n) is 5.08. The fraction of sp³-hybridized carbons (Fsp3) is 0. The number of imidazole rings is 1. The van der Waals surface area contributed by atoms with Gasteiger partial charge in [-0.2, -0.15) is 0 Å². The zero-order valence-electron chi connectivity index (χ0n) is 8.54. The van der Waals surface area contributed by atoms with Crippen LogP contribution < -0.4 is 5.56 Å². The normalized spacial score (nSPS) is 11.8. The number of para-hydroxylation sites is 2. The summed E-state index contributed by atoms with van der Waals surface area (Å²) in [5, 5.41) is 0. The number of nitrogens with zero attached hydrogens (tertiary/aromatic N) is 3. The highest BCUT2D eigenvalue weighted by molar-refractivity contribution is 7.23. The fourth-order valence-electron chi connectivity index (χ4n) is 2.00. The number of aromatic amines is 1. The van der Waals surface area contributed by atoms with Gasteiger partial charge in [0.2, 0.25) is 0 Å². The molecular formula is C11H6N4OS. The zero-order valence-corrected chi connectivity index (χ0v) is 9.36. The summed E-state index contributed by atoms with van der Waals surface area (Å²) in [5.41, 5.74) is 2.45. The Bertz CT molecular complexity index is 917. The van der Waals surface area contributed by atoms with E-state index in [9.17, 15) is 4.79 Å². The lowest BCUT2D eigenvalue weighted by Crippen LogP contribution is -2.04. The molecule has 0 amide bonds. The standard InChI is InChI=1S/C11H6N4OS/c16-10-8-9(12-5-13-10)15-7-4-2-1-3-6(7)14-11(15)17-8/h1-5H,(H,12,13,16). The van der Waals surface area contributed by atoms with Crippen molar-refractivity contribution in [2.24, 2.45) is 0 Å². The second-order valence-corrected chi connectivity index (χ2v) is 4.68. The van der Waals surface area contributed by atoms with E-state index in [0.29, 0.717) is 10.3 Å². The Morgan fingerprint density at radius 2 is 2.18 bits per heavy atom. The zero-order chi connectivity index (χ0) is 11.4. The predicted octanol–water partition coefficient (Wildman–Crippen LogP) is 1.79. The van der Waals surface area contributed by atoms with E-state index in [1.165, 1.54) is 17.7 Å². The molecule has 82 valence electrons. The maximum Gasteiger partial charge on any atom is 0.270 e. The van der Waals surface area contributed by atoms with Crippen molar-refractivity contribution in [3.63, 3.8) is 0 Å². The minimum atomic E-state index is -0.116. The van der Waals surface area contributed by atoms with Crippen molar-refractivity contribution in [1.29, 1.82) is 0 Å². The van der Waals surface area contributed by atoms with Crippen LogP contribution in [0.25, 0.3) is 26.3 Å². The lowest BCUT2D eigenvalue weighted by molar-refractivity contribution is 1.14. The fourth-order valence-corrected chi connectivity index (χ4v) is 2.99. The van der Waals surface area contributed by atoms with Gasteiger partial charge < -0.3 is 4.98 Å². The van der Waals surface area contributed by atoms with Crippen LogP contribution in [-0.4, -0.2) is 19.4 Å². The van der Waals surface area contributed by atoms with Gasteiger partial charge in [0, 0.05) is 0 Å². The predicted molar refractivity (Wildman–Crippen MR) is 66.5 cm³/mol. The molecule has 0 radical (unpaired) electrons. The Kier molecular flexibility index (Phi) is 1.53. The Balaban J connectivity index is 2.40. The van der Waals surface area contributed by atoms with Crippen LogP contribution in [0.1, 0.15) is 0 Å². The van der Waals surface area contributed by atoms with Crippen LogP contribution in [0, 0.1) is 0 Å². The highest BCUT2D eigenvalue weighted by Gasteiger charge is 2.13. The molecule has 4 aromatic rings. The van der Waals surface area contributed by atoms with Gasteiger partial charge >= 0.3 is 0 Å². The summed E-state index contributed by atoms with van der Waals surface area (Å²) in [6, 6.07) is 7.83. The van der Waals surface area contributed by atoms with Crippen molar-refractivity contribution in [3.05, 3.63) is 40.9 Å². The van der Waals surface area contributed by atoms with Gasteiger partial charge in [-0.3, -0.25) is 9.20 Å².